The SMILES string of the molecule is CC(=O)CCNC(=S)Nc1cc(C(F)(F)F)cc(C(F)(F)F)c1. The first-order valence-corrected chi connectivity index (χ1v) is 6.64. The van der Waals surface area contributed by atoms with Crippen LogP contribution >= 0.6 is 12.2 Å². The van der Waals surface area contributed by atoms with Gasteiger partial charge in [0.05, 0.1) is 11.1 Å². The molecular weight excluding hydrogens is 346 g/mol. The molecule has 0 amide bonds. The van der Waals surface area contributed by atoms with Crippen molar-refractivity contribution in [3.8, 4) is 0 Å². The summed E-state index contributed by atoms with van der Waals surface area (Å²) in [4.78, 5) is 10.7. The van der Waals surface area contributed by atoms with Crippen LogP contribution in [0.2, 0.25) is 0 Å². The van der Waals surface area contributed by atoms with E-state index >= 15 is 0 Å². The number of benzene rings is 1. The molecule has 0 aliphatic carbocycles. The summed E-state index contributed by atoms with van der Waals surface area (Å²) in [5.74, 6) is -0.140. The molecule has 0 aliphatic rings. The zero-order valence-corrected chi connectivity index (χ0v) is 12.5. The number of Topliss-reactive ketones (excluding diaryl/α,β-unsaturated/α-hetero) is 1. The Morgan fingerprint density at radius 1 is 1.04 bits per heavy atom. The molecule has 10 heteroatoms. The molecule has 0 radical (unpaired) electrons. The first kappa shape index (κ1) is 19.2. The molecule has 0 unspecified atom stereocenters. The van der Waals surface area contributed by atoms with Gasteiger partial charge in [-0.05, 0) is 37.3 Å². The summed E-state index contributed by atoms with van der Waals surface area (Å²) in [5, 5.41) is 4.58. The normalized spacial score (nSPS) is 12.0. The smallest absolute Gasteiger partial charge is 0.362 e. The number of thiocarbonyl (C=S) groups is 1. The summed E-state index contributed by atoms with van der Waals surface area (Å²) >= 11 is 4.77. The highest BCUT2D eigenvalue weighted by Crippen LogP contribution is 2.37. The third-order valence-corrected chi connectivity index (χ3v) is 2.85. The number of carbonyl (C=O) groups excluding carboxylic acids is 1. The van der Waals surface area contributed by atoms with Crippen LogP contribution in [0.15, 0.2) is 18.2 Å². The molecule has 0 aromatic heterocycles. The van der Waals surface area contributed by atoms with Gasteiger partial charge in [-0.1, -0.05) is 0 Å². The summed E-state index contributed by atoms with van der Waals surface area (Å²) in [6, 6.07) is 1.07. The summed E-state index contributed by atoms with van der Waals surface area (Å²) in [5.41, 5.74) is -3.34. The van der Waals surface area contributed by atoms with E-state index in [-0.39, 0.29) is 29.9 Å². The lowest BCUT2D eigenvalue weighted by Crippen LogP contribution is -2.30. The van der Waals surface area contributed by atoms with Crippen LogP contribution in [0.1, 0.15) is 24.5 Å². The predicted octanol–water partition coefficient (Wildman–Crippen LogP) is 3.99. The van der Waals surface area contributed by atoms with Crippen LogP contribution in [-0.2, 0) is 17.1 Å². The molecule has 2 N–H and O–H groups in total. The van der Waals surface area contributed by atoms with E-state index in [0.717, 1.165) is 0 Å². The van der Waals surface area contributed by atoms with Crippen molar-refractivity contribution in [3.63, 3.8) is 0 Å². The first-order chi connectivity index (χ1) is 10.4. The fraction of sp³-hybridized carbons (Fsp3) is 0.385. The minimum atomic E-state index is -4.93. The maximum atomic E-state index is 12.7. The largest absolute Gasteiger partial charge is 0.416 e. The Morgan fingerprint density at radius 3 is 1.91 bits per heavy atom. The molecule has 0 heterocycles. The summed E-state index contributed by atoms with van der Waals surface area (Å²) in [7, 11) is 0. The van der Waals surface area contributed by atoms with E-state index < -0.39 is 29.2 Å². The number of nitrogens with one attached hydrogen (secondary N) is 2. The highest BCUT2D eigenvalue weighted by atomic mass is 32.1. The Kier molecular flexibility index (Phi) is 5.98. The number of alkyl halides is 6. The van der Waals surface area contributed by atoms with E-state index in [1.165, 1.54) is 6.92 Å². The molecule has 1 rings (SSSR count). The Balaban J connectivity index is 2.97. The van der Waals surface area contributed by atoms with Crippen molar-refractivity contribution in [1.29, 1.82) is 0 Å². The monoisotopic (exact) mass is 358 g/mol. The van der Waals surface area contributed by atoms with Crippen molar-refractivity contribution < 1.29 is 31.1 Å². The van der Waals surface area contributed by atoms with Crippen molar-refractivity contribution >= 4 is 28.8 Å². The van der Waals surface area contributed by atoms with Gasteiger partial charge in [-0.2, -0.15) is 26.3 Å². The number of rotatable bonds is 4. The molecular formula is C13H12F6N2OS. The number of ketones is 1. The fourth-order valence-electron chi connectivity index (χ4n) is 1.55. The number of hydrogen-bond donors (Lipinski definition) is 2. The van der Waals surface area contributed by atoms with Crippen molar-refractivity contribution in [2.24, 2.45) is 0 Å². The molecule has 0 bridgehead atoms. The van der Waals surface area contributed by atoms with Gasteiger partial charge in [0.25, 0.3) is 0 Å². The maximum absolute atomic E-state index is 12.7. The van der Waals surface area contributed by atoms with E-state index in [1.807, 2.05) is 0 Å². The topological polar surface area (TPSA) is 41.1 Å². The minimum absolute atomic E-state index is 0.0252. The molecule has 23 heavy (non-hydrogen) atoms. The average Bonchev–Trinajstić information content (AvgIpc) is 2.35. The van der Waals surface area contributed by atoms with Gasteiger partial charge in [-0.25, -0.2) is 0 Å². The minimum Gasteiger partial charge on any atom is -0.362 e. The van der Waals surface area contributed by atoms with Crippen LogP contribution in [0.3, 0.4) is 0 Å². The first-order valence-electron chi connectivity index (χ1n) is 6.23. The third kappa shape index (κ3) is 6.43. The van der Waals surface area contributed by atoms with Gasteiger partial charge in [0.1, 0.15) is 5.78 Å². The molecule has 0 atom stereocenters. The van der Waals surface area contributed by atoms with Gasteiger partial charge >= 0.3 is 12.4 Å². The second-order valence-electron chi connectivity index (χ2n) is 4.63. The van der Waals surface area contributed by atoms with E-state index in [1.54, 1.807) is 0 Å². The number of anilines is 1. The molecule has 3 nitrogen and oxygen atoms in total. The Morgan fingerprint density at radius 2 is 1.52 bits per heavy atom. The molecule has 128 valence electrons. The van der Waals surface area contributed by atoms with Gasteiger partial charge < -0.3 is 10.6 Å². The molecule has 1 aromatic carbocycles. The molecule has 0 spiro atoms. The van der Waals surface area contributed by atoms with Gasteiger partial charge in [0.2, 0.25) is 0 Å². The van der Waals surface area contributed by atoms with Crippen molar-refractivity contribution in [1.82, 2.24) is 5.32 Å². The van der Waals surface area contributed by atoms with Crippen molar-refractivity contribution in [3.05, 3.63) is 29.3 Å². The number of halogens is 6. The Bertz CT molecular complexity index is 565. The van der Waals surface area contributed by atoms with Gasteiger partial charge in [-0.3, -0.25) is 4.79 Å². The Hall–Kier alpha value is -1.84. The second kappa shape index (κ2) is 7.16. The molecule has 0 saturated carbocycles. The third-order valence-electron chi connectivity index (χ3n) is 2.61. The van der Waals surface area contributed by atoms with Crippen molar-refractivity contribution in [2.75, 3.05) is 11.9 Å². The van der Waals surface area contributed by atoms with Crippen molar-refractivity contribution in [2.45, 2.75) is 25.7 Å². The van der Waals surface area contributed by atoms with Crippen LogP contribution in [0.4, 0.5) is 32.0 Å². The van der Waals surface area contributed by atoms with E-state index in [9.17, 15) is 31.1 Å². The maximum Gasteiger partial charge on any atom is 0.416 e. The molecule has 0 aliphatic heterocycles. The lowest BCUT2D eigenvalue weighted by atomic mass is 10.1. The average molecular weight is 358 g/mol. The quantitative estimate of drug-likeness (QED) is 0.631. The molecule has 0 fully saturated rings. The second-order valence-corrected chi connectivity index (χ2v) is 5.04. The van der Waals surface area contributed by atoms with Crippen LogP contribution in [0.5, 0.6) is 0 Å². The zero-order valence-electron chi connectivity index (χ0n) is 11.7. The van der Waals surface area contributed by atoms with Gasteiger partial charge in [0.15, 0.2) is 5.11 Å². The zero-order chi connectivity index (χ0) is 17.8. The van der Waals surface area contributed by atoms with Crippen LogP contribution < -0.4 is 10.6 Å². The number of hydrogen-bond acceptors (Lipinski definition) is 2. The lowest BCUT2D eigenvalue weighted by Gasteiger charge is -2.16. The summed E-state index contributed by atoms with van der Waals surface area (Å²) in [6.45, 7) is 1.45. The molecule has 1 aromatic rings. The summed E-state index contributed by atoms with van der Waals surface area (Å²) < 4.78 is 76.1. The highest BCUT2D eigenvalue weighted by molar-refractivity contribution is 7.80. The Labute approximate surface area is 133 Å². The fourth-order valence-corrected chi connectivity index (χ4v) is 1.77. The summed E-state index contributed by atoms with van der Waals surface area (Å²) in [6.07, 6.45) is -9.74. The van der Waals surface area contributed by atoms with E-state index in [0.29, 0.717) is 12.1 Å². The lowest BCUT2D eigenvalue weighted by molar-refractivity contribution is -0.143. The highest BCUT2D eigenvalue weighted by Gasteiger charge is 2.36. The predicted molar refractivity (Wildman–Crippen MR) is 76.0 cm³/mol. The van der Waals surface area contributed by atoms with Gasteiger partial charge in [0, 0.05) is 18.7 Å². The van der Waals surface area contributed by atoms with E-state index in [2.05, 4.69) is 10.6 Å². The molecule has 0 saturated heterocycles. The van der Waals surface area contributed by atoms with Crippen LogP contribution in [-0.4, -0.2) is 17.4 Å². The van der Waals surface area contributed by atoms with Crippen LogP contribution in [0, 0.1) is 0 Å². The van der Waals surface area contributed by atoms with E-state index in [4.69, 9.17) is 12.2 Å². The van der Waals surface area contributed by atoms with Gasteiger partial charge in [-0.15, -0.1) is 0 Å². The number of carbonyl (C=O) groups is 1. The standard InChI is InChI=1S/C13H12F6N2OS/c1-7(22)2-3-20-11(23)21-10-5-8(12(14,15)16)4-9(6-10)13(17,18)19/h4-6H,2-3H2,1H3,(H2,20,21,23). The van der Waals surface area contributed by atoms with Crippen LogP contribution in [0.25, 0.3) is 0 Å².